The minimum absolute atomic E-state index is 0.267. The third-order valence-corrected chi connectivity index (χ3v) is 3.28. The Morgan fingerprint density at radius 1 is 1.31 bits per heavy atom. The molecule has 2 nitrogen and oxygen atoms in total. The highest BCUT2D eigenvalue weighted by Crippen LogP contribution is 2.26. The first-order valence-corrected chi connectivity index (χ1v) is 6.33. The molecule has 16 heavy (non-hydrogen) atoms. The normalized spacial score (nSPS) is 17.7. The van der Waals surface area contributed by atoms with E-state index < -0.39 is 0 Å². The van der Waals surface area contributed by atoms with Crippen LogP contribution in [0, 0.1) is 0 Å². The molecule has 0 amide bonds. The summed E-state index contributed by atoms with van der Waals surface area (Å²) in [5.41, 5.74) is 7.56. The quantitative estimate of drug-likeness (QED) is 0.791. The van der Waals surface area contributed by atoms with Gasteiger partial charge in [-0.25, -0.2) is 0 Å². The van der Waals surface area contributed by atoms with Crippen molar-refractivity contribution >= 4 is 0 Å². The lowest BCUT2D eigenvalue weighted by atomic mass is 10.1. The number of hydrogen-bond acceptors (Lipinski definition) is 2. The van der Waals surface area contributed by atoms with Crippen molar-refractivity contribution in [3.8, 4) is 0 Å². The maximum absolute atomic E-state index is 6.21. The molecule has 1 aromatic carbocycles. The summed E-state index contributed by atoms with van der Waals surface area (Å²) in [5.74, 6) is 0. The number of nitrogens with zero attached hydrogens (tertiary/aromatic N) is 1. The van der Waals surface area contributed by atoms with E-state index in [2.05, 4.69) is 42.2 Å². The molecule has 0 aromatic heterocycles. The molecule has 1 aliphatic carbocycles. The zero-order valence-electron chi connectivity index (χ0n) is 10.1. The van der Waals surface area contributed by atoms with Crippen molar-refractivity contribution in [1.29, 1.82) is 0 Å². The second kappa shape index (κ2) is 5.46. The Balaban J connectivity index is 1.81. The van der Waals surface area contributed by atoms with Gasteiger partial charge in [-0.1, -0.05) is 37.3 Å². The van der Waals surface area contributed by atoms with Gasteiger partial charge < -0.3 is 5.73 Å². The first-order valence-electron chi connectivity index (χ1n) is 6.33. The van der Waals surface area contributed by atoms with Crippen LogP contribution in [0.4, 0.5) is 0 Å². The number of rotatable bonds is 6. The number of likely N-dealkylation sites (N-methyl/N-ethyl adjacent to an activating group) is 1. The van der Waals surface area contributed by atoms with E-state index in [1.165, 1.54) is 18.4 Å². The zero-order chi connectivity index (χ0) is 11.4. The van der Waals surface area contributed by atoms with Gasteiger partial charge in [0, 0.05) is 18.6 Å². The summed E-state index contributed by atoms with van der Waals surface area (Å²) >= 11 is 0. The summed E-state index contributed by atoms with van der Waals surface area (Å²) in [7, 11) is 0. The minimum atomic E-state index is 0.267. The number of hydrogen-bond donors (Lipinski definition) is 1. The molecule has 1 fully saturated rings. The Morgan fingerprint density at radius 2 is 2.00 bits per heavy atom. The van der Waals surface area contributed by atoms with E-state index in [0.29, 0.717) is 0 Å². The highest BCUT2D eigenvalue weighted by atomic mass is 15.2. The maximum atomic E-state index is 6.21. The van der Waals surface area contributed by atoms with Gasteiger partial charge in [-0.3, -0.25) is 4.90 Å². The molecule has 88 valence electrons. The van der Waals surface area contributed by atoms with Crippen LogP contribution in [0.25, 0.3) is 0 Å². The molecule has 2 heteroatoms. The van der Waals surface area contributed by atoms with Crippen molar-refractivity contribution in [2.75, 3.05) is 13.1 Å². The van der Waals surface area contributed by atoms with Gasteiger partial charge in [0.2, 0.25) is 0 Å². The van der Waals surface area contributed by atoms with Gasteiger partial charge in [0.1, 0.15) is 0 Å². The summed E-state index contributed by atoms with van der Waals surface area (Å²) in [4.78, 5) is 2.52. The van der Waals surface area contributed by atoms with Crippen LogP contribution in [0.5, 0.6) is 0 Å². The molecule has 0 heterocycles. The Hall–Kier alpha value is -0.860. The van der Waals surface area contributed by atoms with Gasteiger partial charge in [-0.15, -0.1) is 0 Å². The summed E-state index contributed by atoms with van der Waals surface area (Å²) in [6.07, 6.45) is 3.72. The van der Waals surface area contributed by atoms with Gasteiger partial charge in [0.05, 0.1) is 0 Å². The highest BCUT2D eigenvalue weighted by molar-refractivity contribution is 5.15. The molecule has 0 aliphatic heterocycles. The lowest BCUT2D eigenvalue weighted by Crippen LogP contribution is -2.39. The average Bonchev–Trinajstić information content (AvgIpc) is 3.11. The summed E-state index contributed by atoms with van der Waals surface area (Å²) in [5, 5.41) is 0. The van der Waals surface area contributed by atoms with E-state index in [-0.39, 0.29) is 6.04 Å². The van der Waals surface area contributed by atoms with Crippen LogP contribution in [-0.2, 0) is 6.42 Å². The molecule has 0 unspecified atom stereocenters. The topological polar surface area (TPSA) is 29.3 Å². The molecule has 2 N–H and O–H groups in total. The maximum Gasteiger partial charge on any atom is 0.0208 e. The molecule has 0 bridgehead atoms. The number of nitrogens with two attached hydrogens (primary N) is 1. The first kappa shape index (κ1) is 11.6. The van der Waals surface area contributed by atoms with Crippen LogP contribution in [0.15, 0.2) is 30.3 Å². The van der Waals surface area contributed by atoms with E-state index in [0.717, 1.165) is 25.6 Å². The first-order chi connectivity index (χ1) is 7.79. The SMILES string of the molecule is CCN(C[C@H](N)Cc1ccccc1)C1CC1. The second-order valence-electron chi connectivity index (χ2n) is 4.77. The standard InChI is InChI=1S/C14H22N2/c1-2-16(14-8-9-14)11-13(15)10-12-6-4-3-5-7-12/h3-7,13-14H,2,8-11,15H2,1H3/t13-/m1/s1. The molecule has 2 rings (SSSR count). The van der Waals surface area contributed by atoms with Crippen molar-refractivity contribution in [1.82, 2.24) is 4.90 Å². The van der Waals surface area contributed by atoms with Crippen LogP contribution in [0.3, 0.4) is 0 Å². The molecule has 0 spiro atoms. The van der Waals surface area contributed by atoms with Crippen molar-refractivity contribution in [2.24, 2.45) is 5.73 Å². The van der Waals surface area contributed by atoms with E-state index in [4.69, 9.17) is 5.73 Å². The average molecular weight is 218 g/mol. The predicted molar refractivity (Wildman–Crippen MR) is 68.4 cm³/mol. The number of benzene rings is 1. The molecular weight excluding hydrogens is 196 g/mol. The zero-order valence-corrected chi connectivity index (χ0v) is 10.1. The van der Waals surface area contributed by atoms with Gasteiger partial charge >= 0.3 is 0 Å². The van der Waals surface area contributed by atoms with Crippen LogP contribution in [0.1, 0.15) is 25.3 Å². The monoisotopic (exact) mass is 218 g/mol. The highest BCUT2D eigenvalue weighted by Gasteiger charge is 2.28. The van der Waals surface area contributed by atoms with Crippen LogP contribution < -0.4 is 5.73 Å². The fourth-order valence-corrected chi connectivity index (χ4v) is 2.26. The molecular formula is C14H22N2. The molecule has 1 aliphatic rings. The lowest BCUT2D eigenvalue weighted by Gasteiger charge is -2.24. The van der Waals surface area contributed by atoms with Crippen molar-refractivity contribution in [3.05, 3.63) is 35.9 Å². The van der Waals surface area contributed by atoms with Gasteiger partial charge in [0.25, 0.3) is 0 Å². The van der Waals surface area contributed by atoms with E-state index >= 15 is 0 Å². The van der Waals surface area contributed by atoms with Crippen LogP contribution in [-0.4, -0.2) is 30.1 Å². The third-order valence-electron chi connectivity index (χ3n) is 3.28. The molecule has 1 saturated carbocycles. The van der Waals surface area contributed by atoms with Crippen molar-refractivity contribution in [3.63, 3.8) is 0 Å². The predicted octanol–water partition coefficient (Wildman–Crippen LogP) is 2.04. The van der Waals surface area contributed by atoms with Gasteiger partial charge in [-0.2, -0.15) is 0 Å². The Kier molecular flexibility index (Phi) is 3.97. The van der Waals surface area contributed by atoms with Crippen molar-refractivity contribution < 1.29 is 0 Å². The van der Waals surface area contributed by atoms with Crippen molar-refractivity contribution in [2.45, 2.75) is 38.3 Å². The lowest BCUT2D eigenvalue weighted by molar-refractivity contribution is 0.259. The van der Waals surface area contributed by atoms with E-state index in [9.17, 15) is 0 Å². The fourth-order valence-electron chi connectivity index (χ4n) is 2.26. The summed E-state index contributed by atoms with van der Waals surface area (Å²) in [6, 6.07) is 11.6. The second-order valence-corrected chi connectivity index (χ2v) is 4.77. The van der Waals surface area contributed by atoms with Crippen LogP contribution in [0.2, 0.25) is 0 Å². The third kappa shape index (κ3) is 3.32. The Morgan fingerprint density at radius 3 is 2.56 bits per heavy atom. The molecule has 1 aromatic rings. The molecule has 1 atom stereocenters. The van der Waals surface area contributed by atoms with Gasteiger partial charge in [0.15, 0.2) is 0 Å². The summed E-state index contributed by atoms with van der Waals surface area (Å²) < 4.78 is 0. The Bertz CT molecular complexity index is 306. The molecule has 0 radical (unpaired) electrons. The van der Waals surface area contributed by atoms with E-state index in [1.807, 2.05) is 0 Å². The summed E-state index contributed by atoms with van der Waals surface area (Å²) in [6.45, 7) is 4.40. The van der Waals surface area contributed by atoms with E-state index in [1.54, 1.807) is 0 Å². The van der Waals surface area contributed by atoms with Crippen LogP contribution >= 0.6 is 0 Å². The molecule has 0 saturated heterocycles. The van der Waals surface area contributed by atoms with Gasteiger partial charge in [-0.05, 0) is 31.4 Å². The Labute approximate surface area is 98.4 Å². The fraction of sp³-hybridized carbons (Fsp3) is 0.571. The largest absolute Gasteiger partial charge is 0.326 e. The minimum Gasteiger partial charge on any atom is -0.326 e. The smallest absolute Gasteiger partial charge is 0.0208 e.